The van der Waals surface area contributed by atoms with Gasteiger partial charge in [-0.05, 0) is 12.0 Å². The molecule has 1 amide bonds. The van der Waals surface area contributed by atoms with Gasteiger partial charge in [0.1, 0.15) is 10.7 Å². The van der Waals surface area contributed by atoms with E-state index in [1.807, 2.05) is 13.8 Å². The standard InChI is InChI=1S/C12H14ClF2NO4S/c1-7(2)5-16-11(17)6-20-12-9(15)3-8(14)4-10(12)21(13,18)19/h3-4,7H,5-6H2,1-2H3,(H,16,17). The lowest BCUT2D eigenvalue weighted by Gasteiger charge is -2.12. The van der Waals surface area contributed by atoms with Crippen molar-refractivity contribution in [1.82, 2.24) is 5.32 Å². The van der Waals surface area contributed by atoms with E-state index in [1.165, 1.54) is 0 Å². The van der Waals surface area contributed by atoms with Crippen LogP contribution in [0.4, 0.5) is 8.78 Å². The van der Waals surface area contributed by atoms with E-state index in [1.54, 1.807) is 0 Å². The molecule has 21 heavy (non-hydrogen) atoms. The Balaban J connectivity index is 2.91. The predicted molar refractivity (Wildman–Crippen MR) is 72.7 cm³/mol. The highest BCUT2D eigenvalue weighted by atomic mass is 35.7. The Kier molecular flexibility index (Phi) is 5.91. The van der Waals surface area contributed by atoms with E-state index in [2.05, 4.69) is 5.32 Å². The largest absolute Gasteiger partial charge is 0.479 e. The van der Waals surface area contributed by atoms with Crippen molar-refractivity contribution in [3.63, 3.8) is 0 Å². The summed E-state index contributed by atoms with van der Waals surface area (Å²) in [4.78, 5) is 10.6. The quantitative estimate of drug-likeness (QED) is 0.804. The molecule has 0 aliphatic rings. The maximum atomic E-state index is 13.6. The number of halogens is 3. The van der Waals surface area contributed by atoms with Crippen molar-refractivity contribution in [1.29, 1.82) is 0 Å². The molecule has 1 rings (SSSR count). The van der Waals surface area contributed by atoms with Gasteiger partial charge in [-0.1, -0.05) is 13.8 Å². The molecule has 0 radical (unpaired) electrons. The predicted octanol–water partition coefficient (Wildman–Crippen LogP) is 2.04. The lowest BCUT2D eigenvalue weighted by molar-refractivity contribution is -0.123. The van der Waals surface area contributed by atoms with Crippen LogP contribution in [0.1, 0.15) is 13.8 Å². The second-order valence-electron chi connectivity index (χ2n) is 4.64. The van der Waals surface area contributed by atoms with Crippen molar-refractivity contribution in [2.24, 2.45) is 5.92 Å². The van der Waals surface area contributed by atoms with Crippen LogP contribution in [0.5, 0.6) is 5.75 Å². The number of nitrogens with one attached hydrogen (secondary N) is 1. The summed E-state index contributed by atoms with van der Waals surface area (Å²) in [5.41, 5.74) is 0. The fourth-order valence-corrected chi connectivity index (χ4v) is 2.34. The number of rotatable bonds is 6. The average molecular weight is 342 g/mol. The Labute approximate surface area is 125 Å². The number of ether oxygens (including phenoxy) is 1. The molecule has 0 saturated heterocycles. The molecule has 0 spiro atoms. The molecule has 9 heteroatoms. The van der Waals surface area contributed by atoms with Crippen LogP contribution >= 0.6 is 10.7 Å². The summed E-state index contributed by atoms with van der Waals surface area (Å²) in [5.74, 6) is -3.53. The van der Waals surface area contributed by atoms with Gasteiger partial charge in [-0.2, -0.15) is 0 Å². The SMILES string of the molecule is CC(C)CNC(=O)COc1c(F)cc(F)cc1S(=O)(=O)Cl. The van der Waals surface area contributed by atoms with Crippen LogP contribution in [0, 0.1) is 17.6 Å². The Bertz CT molecular complexity index is 634. The van der Waals surface area contributed by atoms with E-state index in [0.29, 0.717) is 18.7 Å². The van der Waals surface area contributed by atoms with Crippen molar-refractivity contribution in [2.75, 3.05) is 13.2 Å². The third-order valence-corrected chi connectivity index (χ3v) is 3.62. The lowest BCUT2D eigenvalue weighted by Crippen LogP contribution is -2.32. The summed E-state index contributed by atoms with van der Waals surface area (Å²) in [6.07, 6.45) is 0. The second kappa shape index (κ2) is 7.04. The highest BCUT2D eigenvalue weighted by molar-refractivity contribution is 8.13. The van der Waals surface area contributed by atoms with E-state index in [9.17, 15) is 22.0 Å². The molecule has 5 nitrogen and oxygen atoms in total. The maximum Gasteiger partial charge on any atom is 0.265 e. The summed E-state index contributed by atoms with van der Waals surface area (Å²) < 4.78 is 54.0. The van der Waals surface area contributed by atoms with Crippen molar-refractivity contribution >= 4 is 25.6 Å². The lowest BCUT2D eigenvalue weighted by atomic mass is 10.2. The van der Waals surface area contributed by atoms with Gasteiger partial charge in [0, 0.05) is 23.3 Å². The van der Waals surface area contributed by atoms with Gasteiger partial charge in [0.25, 0.3) is 15.0 Å². The zero-order valence-electron chi connectivity index (χ0n) is 11.3. The first kappa shape index (κ1) is 17.6. The van der Waals surface area contributed by atoms with Crippen molar-refractivity contribution in [2.45, 2.75) is 18.7 Å². The van der Waals surface area contributed by atoms with Gasteiger partial charge in [0.15, 0.2) is 18.2 Å². The molecule has 0 saturated carbocycles. The van der Waals surface area contributed by atoms with Crippen LogP contribution in [0.15, 0.2) is 17.0 Å². The minimum absolute atomic E-state index is 0.204. The van der Waals surface area contributed by atoms with Gasteiger partial charge < -0.3 is 10.1 Å². The third kappa shape index (κ3) is 5.47. The molecule has 1 N–H and O–H groups in total. The normalized spacial score (nSPS) is 11.5. The third-order valence-electron chi connectivity index (χ3n) is 2.29. The highest BCUT2D eigenvalue weighted by Crippen LogP contribution is 2.30. The molecule has 0 aromatic heterocycles. The Morgan fingerprint density at radius 2 is 2.00 bits per heavy atom. The molecule has 0 unspecified atom stereocenters. The molecule has 1 aromatic rings. The molecule has 0 aliphatic heterocycles. The Morgan fingerprint density at radius 3 is 2.52 bits per heavy atom. The molecule has 0 aliphatic carbocycles. The van der Waals surface area contributed by atoms with Crippen LogP contribution in [0.25, 0.3) is 0 Å². The van der Waals surface area contributed by atoms with Crippen molar-refractivity contribution in [3.05, 3.63) is 23.8 Å². The highest BCUT2D eigenvalue weighted by Gasteiger charge is 2.23. The van der Waals surface area contributed by atoms with Gasteiger partial charge in [0.05, 0.1) is 0 Å². The van der Waals surface area contributed by atoms with Gasteiger partial charge in [-0.25, -0.2) is 17.2 Å². The zero-order valence-corrected chi connectivity index (χ0v) is 12.9. The first-order chi connectivity index (χ1) is 9.61. The number of carbonyl (C=O) groups is 1. The number of amides is 1. The topological polar surface area (TPSA) is 72.5 Å². The molecule has 0 heterocycles. The molecule has 0 fully saturated rings. The molecule has 0 bridgehead atoms. The number of benzene rings is 1. The second-order valence-corrected chi connectivity index (χ2v) is 7.17. The average Bonchev–Trinajstić information content (AvgIpc) is 2.33. The van der Waals surface area contributed by atoms with Gasteiger partial charge in [0.2, 0.25) is 0 Å². The number of hydrogen-bond acceptors (Lipinski definition) is 4. The molecular formula is C12H14ClF2NO4S. The van der Waals surface area contributed by atoms with Crippen LogP contribution in [0.2, 0.25) is 0 Å². The minimum atomic E-state index is -4.42. The number of hydrogen-bond donors (Lipinski definition) is 1. The maximum absolute atomic E-state index is 13.6. The zero-order chi connectivity index (χ0) is 16.2. The van der Waals surface area contributed by atoms with E-state index < -0.39 is 43.8 Å². The molecular weight excluding hydrogens is 328 g/mol. The summed E-state index contributed by atoms with van der Waals surface area (Å²) in [7, 11) is 0.667. The van der Waals surface area contributed by atoms with Crippen LogP contribution in [-0.2, 0) is 13.8 Å². The fraction of sp³-hybridized carbons (Fsp3) is 0.417. The van der Waals surface area contributed by atoms with E-state index in [4.69, 9.17) is 15.4 Å². The summed E-state index contributed by atoms with van der Waals surface area (Å²) in [6.45, 7) is 3.52. The summed E-state index contributed by atoms with van der Waals surface area (Å²) in [6, 6.07) is 0.958. The van der Waals surface area contributed by atoms with E-state index in [0.717, 1.165) is 0 Å². The van der Waals surface area contributed by atoms with Crippen LogP contribution in [-0.4, -0.2) is 27.5 Å². The van der Waals surface area contributed by atoms with E-state index >= 15 is 0 Å². The monoisotopic (exact) mass is 341 g/mol. The summed E-state index contributed by atoms with van der Waals surface area (Å²) >= 11 is 0. The fourth-order valence-electron chi connectivity index (χ4n) is 1.36. The van der Waals surface area contributed by atoms with Crippen molar-refractivity contribution < 1.29 is 26.7 Å². The van der Waals surface area contributed by atoms with E-state index in [-0.39, 0.29) is 5.92 Å². The molecule has 118 valence electrons. The first-order valence-corrected chi connectivity index (χ1v) is 8.25. The van der Waals surface area contributed by atoms with Crippen LogP contribution in [0.3, 0.4) is 0 Å². The summed E-state index contributed by atoms with van der Waals surface area (Å²) in [5, 5.41) is 2.50. The Morgan fingerprint density at radius 1 is 1.38 bits per heavy atom. The first-order valence-electron chi connectivity index (χ1n) is 5.94. The molecule has 0 atom stereocenters. The minimum Gasteiger partial charge on any atom is -0.479 e. The van der Waals surface area contributed by atoms with Gasteiger partial charge in [-0.3, -0.25) is 4.79 Å². The molecule has 1 aromatic carbocycles. The number of carbonyl (C=O) groups excluding carboxylic acids is 1. The smallest absolute Gasteiger partial charge is 0.265 e. The van der Waals surface area contributed by atoms with Gasteiger partial charge in [-0.15, -0.1) is 0 Å². The van der Waals surface area contributed by atoms with Gasteiger partial charge >= 0.3 is 0 Å². The Hall–Kier alpha value is -1.41. The van der Waals surface area contributed by atoms with Crippen molar-refractivity contribution in [3.8, 4) is 5.75 Å². The van der Waals surface area contributed by atoms with Crippen LogP contribution < -0.4 is 10.1 Å².